The van der Waals surface area contributed by atoms with Gasteiger partial charge in [0.25, 0.3) is 45.3 Å². The molecule has 0 spiro atoms. The minimum Gasteiger partial charge on any atom is -0.497 e. The third kappa shape index (κ3) is 30.5. The van der Waals surface area contributed by atoms with Gasteiger partial charge in [0.05, 0.1) is 91.7 Å². The number of nitrogens with two attached hydrogens (primary N) is 2. The summed E-state index contributed by atoms with van der Waals surface area (Å²) in [6.45, 7) is 1.56. The minimum atomic E-state index is -5.08. The Balaban J connectivity index is 0.000000280. The van der Waals surface area contributed by atoms with E-state index in [1.54, 1.807) is 71.2 Å². The summed E-state index contributed by atoms with van der Waals surface area (Å²) in [6, 6.07) is 22.2. The number of nitrogens with zero attached hydrogens (tertiary/aromatic N) is 9. The maximum absolute atomic E-state index is 13.5. The molecule has 1 aliphatic heterocycles. The third-order valence-corrected chi connectivity index (χ3v) is 20.1. The zero-order chi connectivity index (χ0) is 99.2. The smallest absolute Gasteiger partial charge is 0.490 e. The van der Waals surface area contributed by atoms with Crippen LogP contribution in [0.3, 0.4) is 0 Å². The van der Waals surface area contributed by atoms with Gasteiger partial charge in [-0.05, 0) is 66.9 Å². The first-order valence-corrected chi connectivity index (χ1v) is 44.4. The standard InChI is InChI=1S/C20H21N3O8S.C14H12N4O6S.C10H8FN3O6S.C10H10N4O6S.C9H13NO2.C6H12O3.C2HF3O2.C2H4O2/c1-30-14-7-6-12(18(9-14)31-2)4-5-13-8-15-16(10-17(13)23(26)27)21-20(25)22(19(15)24)11-32(3,28)29;1-25(23,24)8-17-13(19)9-6-11(16-4-2-3-5-16)12(18(21)22)7-10(9)15-14(17)20;2*1-21(19,20)4-13-9(15)5-2-6(11)8(14(17)18)3-7(5)12-10(13)16;1-11-8-4-3-7(6-10)9(5-8)12-2;1-7-5-3-4-6(8-2)9-5;3-2(4,5)1(6)7;1-2(3)4/h6-10H,4-5,11H2,1-3H3,(H,21,25);2-7H,8H2,1H3,(H,15,20);2-3H,4H2,1H3,(H,12,16);2-3H,4,11H2,1H3,(H,12,16);3-5H,6,10H2,1-2H3;5-6H,3-4H2,1-2H3;(H,6,7);1H3,(H,3,4). The van der Waals surface area contributed by atoms with Crippen LogP contribution < -0.4 is 75.4 Å². The van der Waals surface area contributed by atoms with E-state index in [0.717, 1.165) is 91.7 Å². The Labute approximate surface area is 731 Å². The minimum absolute atomic E-state index is 0.0180. The molecule has 11 aromatic rings. The van der Waals surface area contributed by atoms with Gasteiger partial charge in [-0.25, -0.2) is 75.9 Å². The molecule has 0 bridgehead atoms. The van der Waals surface area contributed by atoms with Gasteiger partial charge in [0.1, 0.15) is 57.9 Å². The monoisotopic (exact) mass is 1930 g/mol. The van der Waals surface area contributed by atoms with Crippen molar-refractivity contribution >= 4 is 123 Å². The van der Waals surface area contributed by atoms with E-state index in [1.807, 2.05) is 18.2 Å². The fraction of sp³-hybridized carbons (Fsp3) is 0.315. The number of rotatable bonds is 23. The number of nitro groups is 4. The molecule has 1 aliphatic rings. The highest BCUT2D eigenvalue weighted by molar-refractivity contribution is 7.90. The van der Waals surface area contributed by atoms with Crippen LogP contribution >= 0.6 is 0 Å². The van der Waals surface area contributed by atoms with E-state index in [2.05, 4.69) is 19.9 Å². The zero-order valence-electron chi connectivity index (χ0n) is 70.1. The van der Waals surface area contributed by atoms with Gasteiger partial charge in [-0.1, -0.05) is 12.1 Å². The molecule has 10 N–H and O–H groups in total. The van der Waals surface area contributed by atoms with Gasteiger partial charge < -0.3 is 79.3 Å². The van der Waals surface area contributed by atoms with Crippen LogP contribution in [0.25, 0.3) is 49.3 Å². The number of hydrogen-bond acceptors (Lipinski definition) is 35. The molecule has 6 aromatic carbocycles. The number of fused-ring (bicyclic) bond motifs is 4. The molecule has 0 aliphatic carbocycles. The number of alkyl halides is 3. The summed E-state index contributed by atoms with van der Waals surface area (Å²) >= 11 is 0. The molecule has 5 aromatic heterocycles. The van der Waals surface area contributed by atoms with Crippen molar-refractivity contribution in [2.45, 2.75) is 81.4 Å². The molecule has 0 saturated carbocycles. The number of nitrogen functional groups attached to an aromatic ring is 1. The van der Waals surface area contributed by atoms with Crippen LogP contribution in [0.5, 0.6) is 23.0 Å². The fourth-order valence-corrected chi connectivity index (χ4v) is 14.2. The lowest BCUT2D eigenvalue weighted by Gasteiger charge is -2.11. The largest absolute Gasteiger partial charge is 0.497 e. The van der Waals surface area contributed by atoms with E-state index in [0.29, 0.717) is 54.9 Å². The SMILES string of the molecule is CC(=O)O.COC1CCC(OC)O1.COc1ccc(CCc2cc3c(=O)n(CS(C)(=O)=O)c(=O)[nH]c3cc2[N+](=O)[O-])c(OC)c1.COc1ccc(CN)c(OC)c1.CS(=O)(=O)Cn1c(=O)[nH]c2cc([N+](=O)[O-])c(-n3cccc3)cc2c1=O.CS(=O)(=O)Cn1c(=O)[nH]c2cc([N+](=O)[O-])c(F)cc2c1=O.CS(=O)(=O)Cn1c(=O)[nH]c2cc([N+](=O)[O-])c(N)cc2c1=O.O=C(O)C(F)(F)F. The highest BCUT2D eigenvalue weighted by atomic mass is 32.2. The molecule has 1 saturated heterocycles. The number of halogens is 4. The van der Waals surface area contributed by atoms with Crippen molar-refractivity contribution in [2.24, 2.45) is 5.73 Å². The molecule has 12 rings (SSSR count). The number of H-pyrrole nitrogens is 4. The molecule has 0 amide bonds. The summed E-state index contributed by atoms with van der Waals surface area (Å²) in [6.07, 6.45) is 3.86. The maximum Gasteiger partial charge on any atom is 0.490 e. The average Bonchev–Trinajstić information content (AvgIpc) is 1.72. The number of ether oxygens (including phenoxy) is 7. The van der Waals surface area contributed by atoms with Gasteiger partial charge in [0.15, 0.2) is 51.9 Å². The third-order valence-electron chi connectivity index (χ3n) is 17.1. The van der Waals surface area contributed by atoms with Gasteiger partial charge in [0, 0.05) is 125 Å². The Bertz CT molecular complexity index is 7020. The molecule has 2 atom stereocenters. The number of carboxylic acid groups (broad SMARTS) is 2. The lowest BCUT2D eigenvalue weighted by molar-refractivity contribution is -0.387. The van der Waals surface area contributed by atoms with Crippen LogP contribution in [0.1, 0.15) is 36.5 Å². The molecule has 50 nitrogen and oxygen atoms in total. The van der Waals surface area contributed by atoms with Gasteiger partial charge in [-0.3, -0.25) is 64.4 Å². The summed E-state index contributed by atoms with van der Waals surface area (Å²) in [5, 5.41) is 58.3. The van der Waals surface area contributed by atoms with Crippen LogP contribution in [0.15, 0.2) is 148 Å². The van der Waals surface area contributed by atoms with E-state index in [4.69, 9.17) is 64.4 Å². The summed E-state index contributed by atoms with van der Waals surface area (Å²) in [7, 11) is -5.07. The number of aromatic amines is 4. The normalized spacial score (nSPS) is 12.9. The van der Waals surface area contributed by atoms with Crippen LogP contribution in [0, 0.1) is 46.3 Å². The molecule has 0 radical (unpaired) electrons. The number of carboxylic acids is 2. The van der Waals surface area contributed by atoms with Crippen molar-refractivity contribution < 1.29 is 124 Å². The number of methoxy groups -OCH3 is 6. The lowest BCUT2D eigenvalue weighted by atomic mass is 10.0. The molecular formula is C73H81F4N15O35S4. The number of hydrogen-bond donors (Lipinski definition) is 8. The Hall–Kier alpha value is -14.7. The lowest BCUT2D eigenvalue weighted by Crippen LogP contribution is -2.37. The van der Waals surface area contributed by atoms with Crippen molar-refractivity contribution in [1.29, 1.82) is 0 Å². The Morgan fingerprint density at radius 2 is 0.794 bits per heavy atom. The first-order chi connectivity index (χ1) is 60.8. The number of anilines is 1. The van der Waals surface area contributed by atoms with Gasteiger partial charge in [0.2, 0.25) is 5.82 Å². The van der Waals surface area contributed by atoms with E-state index < -0.39 is 163 Å². The van der Waals surface area contributed by atoms with Crippen LogP contribution in [0.4, 0.5) is 46.0 Å². The van der Waals surface area contributed by atoms with Crippen molar-refractivity contribution in [3.8, 4) is 28.7 Å². The molecule has 2 unspecified atom stereocenters. The number of benzene rings is 6. The topological polar surface area (TPSA) is 725 Å². The van der Waals surface area contributed by atoms with E-state index in [1.165, 1.54) is 30.9 Å². The quantitative estimate of drug-likeness (QED) is 0.0197. The van der Waals surface area contributed by atoms with Gasteiger partial charge in [-0.2, -0.15) is 17.6 Å². The highest BCUT2D eigenvalue weighted by Crippen LogP contribution is 2.32. The number of nitrogens with one attached hydrogen (secondary N) is 4. The molecule has 58 heteroatoms. The first-order valence-electron chi connectivity index (χ1n) is 36.1. The molecule has 1 fully saturated rings. The molecular weight excluding hydrogens is 1850 g/mol. The number of aryl methyl sites for hydroxylation is 2. The summed E-state index contributed by atoms with van der Waals surface area (Å²) in [5.41, 5.74) is 2.94. The number of aliphatic carboxylic acids is 2. The average molecular weight is 1930 g/mol. The van der Waals surface area contributed by atoms with Gasteiger partial charge in [-0.15, -0.1) is 0 Å². The van der Waals surface area contributed by atoms with Crippen molar-refractivity contribution in [3.05, 3.63) is 256 Å². The molecule has 131 heavy (non-hydrogen) atoms. The Kier molecular flexibility index (Phi) is 36.9. The van der Waals surface area contributed by atoms with E-state index >= 15 is 0 Å². The van der Waals surface area contributed by atoms with Crippen LogP contribution in [-0.2, 0) is 106 Å². The molecule has 710 valence electrons. The zero-order valence-corrected chi connectivity index (χ0v) is 73.4. The number of sulfone groups is 4. The van der Waals surface area contributed by atoms with Gasteiger partial charge >= 0.3 is 40.6 Å². The van der Waals surface area contributed by atoms with Crippen molar-refractivity contribution in [1.82, 2.24) is 42.8 Å². The highest BCUT2D eigenvalue weighted by Gasteiger charge is 2.38. The van der Waals surface area contributed by atoms with Crippen LogP contribution in [0.2, 0.25) is 0 Å². The van der Waals surface area contributed by atoms with E-state index in [9.17, 15) is 130 Å². The van der Waals surface area contributed by atoms with Crippen molar-refractivity contribution in [2.75, 3.05) is 73.4 Å². The summed E-state index contributed by atoms with van der Waals surface area (Å²) in [5.74, 6) is -5.41. The summed E-state index contributed by atoms with van der Waals surface area (Å²) < 4.78 is 175. The summed E-state index contributed by atoms with van der Waals surface area (Å²) in [4.78, 5) is 165. The fourth-order valence-electron chi connectivity index (χ4n) is 11.4. The predicted octanol–water partition coefficient (Wildman–Crippen LogP) is 3.34. The Morgan fingerprint density at radius 1 is 0.481 bits per heavy atom. The maximum atomic E-state index is 13.5. The molecule has 6 heterocycles. The van der Waals surface area contributed by atoms with E-state index in [-0.39, 0.29) is 90.9 Å². The predicted molar refractivity (Wildman–Crippen MR) is 458 cm³/mol. The van der Waals surface area contributed by atoms with Crippen molar-refractivity contribution in [3.63, 3.8) is 0 Å². The first kappa shape index (κ1) is 107. The Morgan fingerprint density at radius 3 is 1.11 bits per heavy atom. The second-order valence-corrected chi connectivity index (χ2v) is 35.6. The second kappa shape index (κ2) is 45.3. The number of aromatic nitrogens is 9. The second-order valence-electron chi connectivity index (χ2n) is 27.1. The van der Waals surface area contributed by atoms with Crippen LogP contribution in [-0.4, -0.2) is 205 Å². The number of carbonyl (C=O) groups is 2. The number of nitro benzene ring substituents is 4.